The largest absolute Gasteiger partial charge is 0.357 e. The molecule has 2 amide bonds. The summed E-state index contributed by atoms with van der Waals surface area (Å²) in [6.45, 7) is 4.78. The Balaban J connectivity index is 0.00000306. The van der Waals surface area contributed by atoms with Gasteiger partial charge in [-0.15, -0.1) is 34.2 Å². The van der Waals surface area contributed by atoms with E-state index in [-0.39, 0.29) is 42.3 Å². The first-order valence-electron chi connectivity index (χ1n) is 10.6. The maximum Gasteiger partial charge on any atom is 0.254 e. The highest BCUT2D eigenvalue weighted by atomic mass is 127. The quantitative estimate of drug-likeness (QED) is 0.236. The van der Waals surface area contributed by atoms with Crippen molar-refractivity contribution in [1.82, 2.24) is 35.4 Å². The maximum atomic E-state index is 12.6. The molecule has 1 aliphatic heterocycles. The minimum absolute atomic E-state index is 0. The molecule has 0 radical (unpaired) electrons. The van der Waals surface area contributed by atoms with Crippen molar-refractivity contribution in [3.63, 3.8) is 0 Å². The van der Waals surface area contributed by atoms with Crippen molar-refractivity contribution < 1.29 is 9.59 Å². The lowest BCUT2D eigenvalue weighted by molar-refractivity contribution is -0.123. The normalized spacial score (nSPS) is 13.9. The molecule has 0 atom stereocenters. The standard InChI is InChI=1S/C22H26N8O2.HI/c1-2-23-22(26-14-19-28-27-18-5-3-4-11-30(18)19)25-13-16-6-8-17(9-7-16)21(32)29-12-10-24-20(31)15-29;/h3-9,11H,2,10,12-15H2,1H3,(H,24,31)(H2,23,25,26);1H. The molecule has 0 unspecified atom stereocenters. The van der Waals surface area contributed by atoms with E-state index in [4.69, 9.17) is 0 Å². The van der Waals surface area contributed by atoms with E-state index in [9.17, 15) is 9.59 Å². The summed E-state index contributed by atoms with van der Waals surface area (Å²) in [6, 6.07) is 13.1. The Morgan fingerprint density at radius 3 is 2.73 bits per heavy atom. The third-order valence-corrected chi connectivity index (χ3v) is 5.09. The van der Waals surface area contributed by atoms with E-state index in [2.05, 4.69) is 31.1 Å². The van der Waals surface area contributed by atoms with Gasteiger partial charge in [-0.05, 0) is 36.8 Å². The van der Waals surface area contributed by atoms with Crippen molar-refractivity contribution in [1.29, 1.82) is 0 Å². The topological polar surface area (TPSA) is 116 Å². The molecule has 4 rings (SSSR count). The molecule has 1 aromatic carbocycles. The number of amides is 2. The van der Waals surface area contributed by atoms with Crippen molar-refractivity contribution in [2.24, 2.45) is 4.99 Å². The van der Waals surface area contributed by atoms with Crippen molar-refractivity contribution in [2.75, 3.05) is 26.2 Å². The fourth-order valence-electron chi connectivity index (χ4n) is 3.43. The molecule has 33 heavy (non-hydrogen) atoms. The Hall–Kier alpha value is -3.22. The Bertz CT molecular complexity index is 1130. The van der Waals surface area contributed by atoms with Crippen LogP contribution in [0, 0.1) is 0 Å². The van der Waals surface area contributed by atoms with Gasteiger partial charge in [-0.25, -0.2) is 4.99 Å². The van der Waals surface area contributed by atoms with Crippen LogP contribution in [0.2, 0.25) is 0 Å². The molecule has 174 valence electrons. The molecule has 1 fully saturated rings. The third kappa shape index (κ3) is 6.18. The zero-order valence-electron chi connectivity index (χ0n) is 18.3. The first-order valence-corrected chi connectivity index (χ1v) is 10.6. The van der Waals surface area contributed by atoms with Crippen LogP contribution in [0.5, 0.6) is 0 Å². The Labute approximate surface area is 208 Å². The second-order valence-electron chi connectivity index (χ2n) is 7.37. The van der Waals surface area contributed by atoms with E-state index in [0.717, 1.165) is 23.6 Å². The number of aliphatic imine (C=N–C) groups is 1. The number of benzene rings is 1. The van der Waals surface area contributed by atoms with E-state index in [1.807, 2.05) is 47.9 Å². The van der Waals surface area contributed by atoms with Gasteiger partial charge < -0.3 is 20.9 Å². The molecule has 3 heterocycles. The van der Waals surface area contributed by atoms with Gasteiger partial charge in [0.05, 0.1) is 19.6 Å². The zero-order chi connectivity index (χ0) is 22.3. The van der Waals surface area contributed by atoms with E-state index in [1.54, 1.807) is 17.0 Å². The Morgan fingerprint density at radius 2 is 1.97 bits per heavy atom. The minimum atomic E-state index is -0.134. The van der Waals surface area contributed by atoms with Crippen LogP contribution < -0.4 is 16.0 Å². The van der Waals surface area contributed by atoms with E-state index in [1.165, 1.54) is 0 Å². The zero-order valence-corrected chi connectivity index (χ0v) is 20.7. The number of carbonyl (C=O) groups excluding carboxylic acids is 2. The van der Waals surface area contributed by atoms with Crippen LogP contribution >= 0.6 is 24.0 Å². The number of halogens is 1. The highest BCUT2D eigenvalue weighted by Crippen LogP contribution is 2.10. The monoisotopic (exact) mass is 562 g/mol. The van der Waals surface area contributed by atoms with E-state index in [0.29, 0.717) is 37.7 Å². The van der Waals surface area contributed by atoms with Crippen LogP contribution in [0.4, 0.5) is 0 Å². The molecule has 0 saturated carbocycles. The molecule has 0 spiro atoms. The number of carbonyl (C=O) groups is 2. The number of hydrogen-bond donors (Lipinski definition) is 3. The van der Waals surface area contributed by atoms with Gasteiger partial charge in [-0.3, -0.25) is 14.0 Å². The maximum absolute atomic E-state index is 12.6. The Morgan fingerprint density at radius 1 is 1.15 bits per heavy atom. The summed E-state index contributed by atoms with van der Waals surface area (Å²) in [5.74, 6) is 1.20. The fraction of sp³-hybridized carbons (Fsp3) is 0.318. The molecule has 1 saturated heterocycles. The molecule has 10 nitrogen and oxygen atoms in total. The molecular weight excluding hydrogens is 535 g/mol. The number of nitrogens with zero attached hydrogens (tertiary/aromatic N) is 5. The molecule has 2 aromatic heterocycles. The predicted molar refractivity (Wildman–Crippen MR) is 135 cm³/mol. The molecule has 11 heteroatoms. The Kier molecular flexibility index (Phi) is 8.58. The number of aromatic nitrogens is 3. The second kappa shape index (κ2) is 11.6. The number of rotatable bonds is 6. The number of guanidine groups is 1. The van der Waals surface area contributed by atoms with Gasteiger partial charge in [0.15, 0.2) is 17.4 Å². The van der Waals surface area contributed by atoms with Crippen LogP contribution in [0.25, 0.3) is 5.65 Å². The van der Waals surface area contributed by atoms with E-state index < -0.39 is 0 Å². The first-order chi connectivity index (χ1) is 15.6. The average molecular weight is 562 g/mol. The summed E-state index contributed by atoms with van der Waals surface area (Å²) in [7, 11) is 0. The van der Waals surface area contributed by atoms with Gasteiger partial charge in [-0.2, -0.15) is 0 Å². The number of hydrogen-bond acceptors (Lipinski definition) is 5. The molecule has 3 aromatic rings. The van der Waals surface area contributed by atoms with Crippen LogP contribution in [0.15, 0.2) is 53.7 Å². The average Bonchev–Trinajstić information content (AvgIpc) is 3.24. The first kappa shape index (κ1) is 24.4. The van der Waals surface area contributed by atoms with Gasteiger partial charge in [0, 0.05) is 31.4 Å². The number of piperazine rings is 1. The van der Waals surface area contributed by atoms with Crippen LogP contribution in [0.1, 0.15) is 28.7 Å². The second-order valence-corrected chi connectivity index (χ2v) is 7.37. The van der Waals surface area contributed by atoms with Crippen LogP contribution in [-0.4, -0.2) is 63.5 Å². The summed E-state index contributed by atoms with van der Waals surface area (Å²) >= 11 is 0. The smallest absolute Gasteiger partial charge is 0.254 e. The lowest BCUT2D eigenvalue weighted by Crippen LogP contribution is -2.49. The molecule has 1 aliphatic rings. The van der Waals surface area contributed by atoms with Gasteiger partial charge in [0.1, 0.15) is 0 Å². The van der Waals surface area contributed by atoms with Gasteiger partial charge in [-0.1, -0.05) is 18.2 Å². The lowest BCUT2D eigenvalue weighted by atomic mass is 10.1. The third-order valence-electron chi connectivity index (χ3n) is 5.09. The lowest BCUT2D eigenvalue weighted by Gasteiger charge is -2.26. The molecule has 0 bridgehead atoms. The van der Waals surface area contributed by atoms with Crippen LogP contribution in [-0.2, 0) is 17.9 Å². The van der Waals surface area contributed by atoms with Crippen molar-refractivity contribution in [3.8, 4) is 0 Å². The predicted octanol–water partition coefficient (Wildman–Crippen LogP) is 1.17. The van der Waals surface area contributed by atoms with E-state index >= 15 is 0 Å². The number of fused-ring (bicyclic) bond motifs is 1. The molecular formula is C22H27IN8O2. The highest BCUT2D eigenvalue weighted by molar-refractivity contribution is 14.0. The highest BCUT2D eigenvalue weighted by Gasteiger charge is 2.22. The number of pyridine rings is 1. The molecule has 0 aliphatic carbocycles. The van der Waals surface area contributed by atoms with Crippen molar-refractivity contribution in [2.45, 2.75) is 20.0 Å². The fourth-order valence-corrected chi connectivity index (χ4v) is 3.43. The summed E-state index contributed by atoms with van der Waals surface area (Å²) in [5, 5.41) is 17.6. The van der Waals surface area contributed by atoms with Gasteiger partial charge in [0.2, 0.25) is 5.91 Å². The molecule has 3 N–H and O–H groups in total. The van der Waals surface area contributed by atoms with Gasteiger partial charge in [0.25, 0.3) is 5.91 Å². The summed E-state index contributed by atoms with van der Waals surface area (Å²) in [5.41, 5.74) is 2.34. The number of nitrogens with one attached hydrogen (secondary N) is 3. The summed E-state index contributed by atoms with van der Waals surface area (Å²) < 4.78 is 1.93. The van der Waals surface area contributed by atoms with Crippen LogP contribution in [0.3, 0.4) is 0 Å². The SMILES string of the molecule is CCNC(=NCc1ccc(C(=O)N2CCNC(=O)C2)cc1)NCc1nnc2ccccn12.I. The summed E-state index contributed by atoms with van der Waals surface area (Å²) in [4.78, 5) is 30.3. The van der Waals surface area contributed by atoms with Gasteiger partial charge >= 0.3 is 0 Å². The summed E-state index contributed by atoms with van der Waals surface area (Å²) in [6.07, 6.45) is 1.93. The van der Waals surface area contributed by atoms with Crippen molar-refractivity contribution in [3.05, 3.63) is 65.6 Å². The minimum Gasteiger partial charge on any atom is -0.357 e. The van der Waals surface area contributed by atoms with Crippen molar-refractivity contribution >= 4 is 47.4 Å².